The second kappa shape index (κ2) is 5.09. The van der Waals surface area contributed by atoms with Gasteiger partial charge in [0.05, 0.1) is 0 Å². The average molecular weight is 218 g/mol. The molecule has 0 bridgehead atoms. The van der Waals surface area contributed by atoms with Crippen LogP contribution in [0.5, 0.6) is 0 Å². The maximum absolute atomic E-state index is 4.04. The second-order valence-corrected chi connectivity index (χ2v) is 4.12. The first kappa shape index (κ1) is 11.1. The van der Waals surface area contributed by atoms with Crippen LogP contribution in [0.15, 0.2) is 31.1 Å². The van der Waals surface area contributed by atoms with Gasteiger partial charge < -0.3 is 10.3 Å². The number of hydrogen-bond acceptors (Lipinski definition) is 4. The molecule has 0 aromatic carbocycles. The van der Waals surface area contributed by atoms with E-state index in [1.165, 1.54) is 0 Å². The highest BCUT2D eigenvalue weighted by Gasteiger charge is 2.13. The number of hydrogen-bond donors (Lipinski definition) is 1. The molecule has 1 aliphatic rings. The number of rotatable bonds is 3. The van der Waals surface area contributed by atoms with E-state index in [9.17, 15) is 0 Å². The van der Waals surface area contributed by atoms with Crippen LogP contribution >= 0.6 is 0 Å². The third kappa shape index (κ3) is 2.81. The monoisotopic (exact) mass is 218 g/mol. The number of nitrogens with zero attached hydrogens (tertiary/aromatic N) is 3. The lowest BCUT2D eigenvalue weighted by atomic mass is 10.2. The third-order valence-corrected chi connectivity index (χ3v) is 2.83. The van der Waals surface area contributed by atoms with E-state index in [-0.39, 0.29) is 0 Å². The minimum absolute atomic E-state index is 0.937. The van der Waals surface area contributed by atoms with Gasteiger partial charge in [0.2, 0.25) is 0 Å². The fourth-order valence-electron chi connectivity index (χ4n) is 1.73. The Morgan fingerprint density at radius 1 is 1.25 bits per heavy atom. The van der Waals surface area contributed by atoms with Crippen LogP contribution in [-0.4, -0.2) is 48.1 Å². The molecule has 4 nitrogen and oxygen atoms in total. The molecule has 2 rings (SSSR count). The van der Waals surface area contributed by atoms with Crippen molar-refractivity contribution in [3.8, 4) is 0 Å². The smallest absolute Gasteiger partial charge is 0.0491 e. The van der Waals surface area contributed by atoms with Gasteiger partial charge in [0.15, 0.2) is 0 Å². The summed E-state index contributed by atoms with van der Waals surface area (Å²) in [5.74, 6) is 0. The van der Waals surface area contributed by atoms with Crippen molar-refractivity contribution in [2.45, 2.75) is 0 Å². The minimum atomic E-state index is 0.937. The number of aromatic nitrogens is 1. The van der Waals surface area contributed by atoms with Crippen molar-refractivity contribution in [1.82, 2.24) is 20.3 Å². The number of piperazine rings is 1. The Balaban J connectivity index is 1.88. The molecule has 0 saturated carbocycles. The number of pyridine rings is 1. The average Bonchev–Trinajstić information content (AvgIpc) is 2.33. The lowest BCUT2D eigenvalue weighted by Gasteiger charge is -2.33. The largest absolute Gasteiger partial charge is 0.319 e. The molecular formula is C12H18N4. The summed E-state index contributed by atoms with van der Waals surface area (Å²) in [4.78, 5) is 6.32. The molecule has 1 saturated heterocycles. The van der Waals surface area contributed by atoms with Crippen molar-refractivity contribution in [2.24, 2.45) is 0 Å². The quantitative estimate of drug-likeness (QED) is 0.813. The van der Waals surface area contributed by atoms with E-state index >= 15 is 0 Å². The first-order chi connectivity index (χ1) is 7.75. The zero-order chi connectivity index (χ0) is 11.4. The van der Waals surface area contributed by atoms with Gasteiger partial charge in [0, 0.05) is 49.8 Å². The number of hydrazine groups is 1. The fraction of sp³-hybridized carbons (Fsp3) is 0.417. The Hall–Kier alpha value is -1.39. The molecule has 0 spiro atoms. The maximum atomic E-state index is 4.04. The fourth-order valence-corrected chi connectivity index (χ4v) is 1.73. The van der Waals surface area contributed by atoms with E-state index in [0.29, 0.717) is 0 Å². The predicted molar refractivity (Wildman–Crippen MR) is 65.5 cm³/mol. The first-order valence-electron chi connectivity index (χ1n) is 5.55. The van der Waals surface area contributed by atoms with E-state index in [1.54, 1.807) is 12.4 Å². The molecule has 4 heteroatoms. The normalized spacial score (nSPS) is 18.3. The molecule has 1 aliphatic heterocycles. The predicted octanol–water partition coefficient (Wildman–Crippen LogP) is 0.804. The van der Waals surface area contributed by atoms with Gasteiger partial charge in [-0.05, 0) is 19.2 Å². The molecule has 1 N–H and O–H groups in total. The Morgan fingerprint density at radius 3 is 2.50 bits per heavy atom. The Morgan fingerprint density at radius 2 is 1.88 bits per heavy atom. The van der Waals surface area contributed by atoms with Crippen molar-refractivity contribution < 1.29 is 0 Å². The van der Waals surface area contributed by atoms with Gasteiger partial charge in [-0.3, -0.25) is 4.98 Å². The molecule has 0 unspecified atom stereocenters. The number of nitrogens with one attached hydrogen (secondary N) is 1. The van der Waals surface area contributed by atoms with Gasteiger partial charge in [-0.25, -0.2) is 5.01 Å². The zero-order valence-corrected chi connectivity index (χ0v) is 9.69. The highest BCUT2D eigenvalue weighted by atomic mass is 15.5. The molecule has 2 heterocycles. The molecule has 1 aromatic rings. The SMILES string of the molecule is C=C(NN1CCN(C)CC1)c1ccncc1. The van der Waals surface area contributed by atoms with Crippen molar-refractivity contribution in [2.75, 3.05) is 33.2 Å². The van der Waals surface area contributed by atoms with Gasteiger partial charge in [-0.1, -0.05) is 6.58 Å². The highest BCUT2D eigenvalue weighted by Crippen LogP contribution is 2.08. The van der Waals surface area contributed by atoms with E-state index in [0.717, 1.165) is 37.4 Å². The molecule has 0 aliphatic carbocycles. The summed E-state index contributed by atoms with van der Waals surface area (Å²) in [7, 11) is 2.15. The van der Waals surface area contributed by atoms with Crippen molar-refractivity contribution >= 4 is 5.70 Å². The van der Waals surface area contributed by atoms with E-state index in [1.807, 2.05) is 12.1 Å². The molecule has 0 amide bonds. The van der Waals surface area contributed by atoms with E-state index < -0.39 is 0 Å². The Kier molecular flexibility index (Phi) is 3.54. The molecule has 86 valence electrons. The van der Waals surface area contributed by atoms with Crippen LogP contribution in [0.2, 0.25) is 0 Å². The summed E-state index contributed by atoms with van der Waals surface area (Å²) in [5.41, 5.74) is 5.37. The maximum Gasteiger partial charge on any atom is 0.0491 e. The highest BCUT2D eigenvalue weighted by molar-refractivity contribution is 5.60. The molecular weight excluding hydrogens is 200 g/mol. The molecule has 0 radical (unpaired) electrons. The van der Waals surface area contributed by atoms with Crippen LogP contribution in [0.4, 0.5) is 0 Å². The third-order valence-electron chi connectivity index (χ3n) is 2.83. The van der Waals surface area contributed by atoms with Crippen molar-refractivity contribution in [3.63, 3.8) is 0 Å². The molecule has 0 atom stereocenters. The van der Waals surface area contributed by atoms with Crippen molar-refractivity contribution in [1.29, 1.82) is 0 Å². The number of likely N-dealkylation sites (N-methyl/N-ethyl adjacent to an activating group) is 1. The van der Waals surface area contributed by atoms with Crippen molar-refractivity contribution in [3.05, 3.63) is 36.7 Å². The minimum Gasteiger partial charge on any atom is -0.319 e. The van der Waals surface area contributed by atoms with Crippen LogP contribution in [0, 0.1) is 0 Å². The van der Waals surface area contributed by atoms with Gasteiger partial charge in [0.25, 0.3) is 0 Å². The van der Waals surface area contributed by atoms with Gasteiger partial charge in [-0.2, -0.15) is 0 Å². The summed E-state index contributed by atoms with van der Waals surface area (Å²) in [5, 5.41) is 2.21. The Bertz CT molecular complexity index is 341. The van der Waals surface area contributed by atoms with E-state index in [2.05, 4.69) is 33.9 Å². The lowest BCUT2D eigenvalue weighted by Crippen LogP contribution is -2.49. The zero-order valence-electron chi connectivity index (χ0n) is 9.69. The van der Waals surface area contributed by atoms with Crippen LogP contribution in [0.3, 0.4) is 0 Å². The van der Waals surface area contributed by atoms with Crippen LogP contribution in [-0.2, 0) is 0 Å². The Labute approximate surface area is 96.5 Å². The first-order valence-corrected chi connectivity index (χ1v) is 5.55. The topological polar surface area (TPSA) is 31.4 Å². The molecule has 1 aromatic heterocycles. The summed E-state index contributed by atoms with van der Waals surface area (Å²) >= 11 is 0. The van der Waals surface area contributed by atoms with Crippen LogP contribution in [0.25, 0.3) is 5.70 Å². The molecule has 1 fully saturated rings. The van der Waals surface area contributed by atoms with Crippen LogP contribution in [0.1, 0.15) is 5.56 Å². The van der Waals surface area contributed by atoms with Gasteiger partial charge in [-0.15, -0.1) is 0 Å². The summed E-state index contributed by atoms with van der Waals surface area (Å²) in [6.45, 7) is 8.29. The van der Waals surface area contributed by atoms with Gasteiger partial charge in [0.1, 0.15) is 0 Å². The molecule has 16 heavy (non-hydrogen) atoms. The summed E-state index contributed by atoms with van der Waals surface area (Å²) < 4.78 is 0. The summed E-state index contributed by atoms with van der Waals surface area (Å²) in [6.07, 6.45) is 3.57. The second-order valence-electron chi connectivity index (χ2n) is 4.12. The standard InChI is InChI=1S/C12H18N4/c1-11(12-3-5-13-6-4-12)14-16-9-7-15(2)8-10-16/h3-6,14H,1,7-10H2,2H3. The van der Waals surface area contributed by atoms with E-state index in [4.69, 9.17) is 0 Å². The summed E-state index contributed by atoms with van der Waals surface area (Å²) in [6, 6.07) is 3.93. The van der Waals surface area contributed by atoms with Gasteiger partial charge >= 0.3 is 0 Å². The lowest BCUT2D eigenvalue weighted by molar-refractivity contribution is 0.127. The van der Waals surface area contributed by atoms with Crippen LogP contribution < -0.4 is 5.43 Å².